The Hall–Kier alpha value is -1.75. The van der Waals surface area contributed by atoms with Gasteiger partial charge < -0.3 is 0 Å². The molecule has 0 spiro atoms. The Morgan fingerprint density at radius 2 is 1.58 bits per heavy atom. The maximum atomic E-state index is 12.7. The smallest absolute Gasteiger partial charge is 0.294 e. The molecule has 0 unspecified atom stereocenters. The Morgan fingerprint density at radius 1 is 0.962 bits per heavy atom. The largest absolute Gasteiger partial charge is 0.328 e. The molecule has 0 saturated carbocycles. The summed E-state index contributed by atoms with van der Waals surface area (Å²) in [5, 5.41) is 3.31. The summed E-state index contributed by atoms with van der Waals surface area (Å²) < 4.78 is 0. The van der Waals surface area contributed by atoms with Crippen LogP contribution in [0.25, 0.3) is 0 Å². The molecule has 138 valence electrons. The summed E-state index contributed by atoms with van der Waals surface area (Å²) in [5.74, 6) is -0.639. The van der Waals surface area contributed by atoms with Crippen LogP contribution in [-0.4, -0.2) is 18.5 Å². The molecule has 0 aromatic heterocycles. The number of unbranched alkanes of at least 4 members (excludes halogenated alkanes) is 2. The number of imide groups is 1. The lowest BCUT2D eigenvalue weighted by atomic mass is 10.2. The molecule has 2 aromatic carbocycles. The second kappa shape index (κ2) is 9.81. The molecule has 0 heterocycles. The van der Waals surface area contributed by atoms with Crippen LogP contribution in [0, 0.1) is 0 Å². The molecule has 3 amide bonds. The van der Waals surface area contributed by atoms with Crippen LogP contribution in [0.3, 0.4) is 0 Å². The van der Waals surface area contributed by atoms with E-state index in [1.807, 2.05) is 0 Å². The van der Waals surface area contributed by atoms with Crippen molar-refractivity contribution in [2.45, 2.75) is 26.2 Å². The van der Waals surface area contributed by atoms with Crippen molar-refractivity contribution in [3.05, 3.63) is 63.1 Å². The monoisotopic (exact) mass is 412 g/mol. The summed E-state index contributed by atoms with van der Waals surface area (Å²) in [6.45, 7) is 2.56. The fourth-order valence-corrected chi connectivity index (χ4v) is 3.13. The normalized spacial score (nSPS) is 10.5. The van der Waals surface area contributed by atoms with E-state index in [0.717, 1.165) is 19.3 Å². The van der Waals surface area contributed by atoms with Gasteiger partial charge in [0.1, 0.15) is 0 Å². The maximum Gasteiger partial charge on any atom is 0.328 e. The van der Waals surface area contributed by atoms with Crippen molar-refractivity contribution in [2.24, 2.45) is 0 Å². The molecule has 0 saturated heterocycles. The molecule has 4 nitrogen and oxygen atoms in total. The van der Waals surface area contributed by atoms with Crippen LogP contribution >= 0.6 is 34.8 Å². The van der Waals surface area contributed by atoms with Gasteiger partial charge in [-0.2, -0.15) is 0 Å². The SMILES string of the molecule is CCCCCN(C(=O)NC(=O)c1c(Cl)cccc1Cl)c1ccc(Cl)cc1. The van der Waals surface area contributed by atoms with Gasteiger partial charge in [0.15, 0.2) is 0 Å². The van der Waals surface area contributed by atoms with Crippen LogP contribution in [0.1, 0.15) is 36.5 Å². The predicted octanol–water partition coefficient (Wildman–Crippen LogP) is 6.19. The first-order chi connectivity index (χ1) is 12.4. The minimum absolute atomic E-state index is 0.0776. The first-order valence-electron chi connectivity index (χ1n) is 8.26. The maximum absolute atomic E-state index is 12.7. The van der Waals surface area contributed by atoms with Gasteiger partial charge in [-0.3, -0.25) is 15.0 Å². The lowest BCUT2D eigenvalue weighted by Crippen LogP contribution is -2.43. The standard InChI is InChI=1S/C19H19Cl3N2O2/c1-2-3-4-12-24(14-10-8-13(20)9-11-14)19(26)23-18(25)17-15(21)6-5-7-16(17)22/h5-11H,2-4,12H2,1H3,(H,23,25,26). The Balaban J connectivity index is 2.20. The quantitative estimate of drug-likeness (QED) is 0.574. The first kappa shape index (κ1) is 20.6. The van der Waals surface area contributed by atoms with E-state index in [-0.39, 0.29) is 15.6 Å². The van der Waals surface area contributed by atoms with E-state index >= 15 is 0 Å². The number of benzene rings is 2. The number of nitrogens with zero attached hydrogens (tertiary/aromatic N) is 1. The van der Waals surface area contributed by atoms with Crippen molar-refractivity contribution in [2.75, 3.05) is 11.4 Å². The third kappa shape index (κ3) is 5.37. The average Bonchev–Trinajstić information content (AvgIpc) is 2.59. The van der Waals surface area contributed by atoms with Crippen LogP contribution in [-0.2, 0) is 0 Å². The van der Waals surface area contributed by atoms with Gasteiger partial charge in [0.25, 0.3) is 5.91 Å². The second-order valence-electron chi connectivity index (χ2n) is 5.69. The highest BCUT2D eigenvalue weighted by molar-refractivity contribution is 6.40. The lowest BCUT2D eigenvalue weighted by molar-refractivity contribution is 0.0966. The number of rotatable bonds is 6. The van der Waals surface area contributed by atoms with Crippen LogP contribution in [0.15, 0.2) is 42.5 Å². The minimum Gasteiger partial charge on any atom is -0.294 e. The van der Waals surface area contributed by atoms with E-state index in [4.69, 9.17) is 34.8 Å². The Kier molecular flexibility index (Phi) is 7.76. The van der Waals surface area contributed by atoms with Gasteiger partial charge in [0.2, 0.25) is 0 Å². The number of amides is 3. The number of hydrogen-bond donors (Lipinski definition) is 1. The number of hydrogen-bond acceptors (Lipinski definition) is 2. The third-order valence-electron chi connectivity index (χ3n) is 3.78. The van der Waals surface area contributed by atoms with E-state index in [2.05, 4.69) is 12.2 Å². The zero-order chi connectivity index (χ0) is 19.1. The highest BCUT2D eigenvalue weighted by atomic mass is 35.5. The number of nitrogens with one attached hydrogen (secondary N) is 1. The average molecular weight is 414 g/mol. The summed E-state index contributed by atoms with van der Waals surface area (Å²) in [6, 6.07) is 11.1. The summed E-state index contributed by atoms with van der Waals surface area (Å²) in [6.07, 6.45) is 2.81. The molecular weight excluding hydrogens is 395 g/mol. The van der Waals surface area contributed by atoms with Crippen LogP contribution < -0.4 is 10.2 Å². The highest BCUT2D eigenvalue weighted by Gasteiger charge is 2.21. The molecule has 0 radical (unpaired) electrons. The topological polar surface area (TPSA) is 49.4 Å². The summed E-state index contributed by atoms with van der Waals surface area (Å²) in [7, 11) is 0. The molecule has 2 rings (SSSR count). The number of carbonyl (C=O) groups excluding carboxylic acids is 2. The van der Waals surface area contributed by atoms with E-state index in [0.29, 0.717) is 17.3 Å². The van der Waals surface area contributed by atoms with Crippen LogP contribution in [0.4, 0.5) is 10.5 Å². The van der Waals surface area contributed by atoms with Gasteiger partial charge in [-0.1, -0.05) is 60.6 Å². The third-order valence-corrected chi connectivity index (χ3v) is 4.66. The first-order valence-corrected chi connectivity index (χ1v) is 9.40. The molecule has 2 aromatic rings. The van der Waals surface area contributed by atoms with E-state index in [9.17, 15) is 9.59 Å². The van der Waals surface area contributed by atoms with Crippen LogP contribution in [0.2, 0.25) is 15.1 Å². The molecule has 26 heavy (non-hydrogen) atoms. The summed E-state index contributed by atoms with van der Waals surface area (Å²) in [4.78, 5) is 26.7. The zero-order valence-electron chi connectivity index (χ0n) is 14.3. The Labute approximate surface area is 168 Å². The number of halogens is 3. The van der Waals surface area contributed by atoms with Gasteiger partial charge in [0, 0.05) is 17.3 Å². The van der Waals surface area contributed by atoms with Crippen molar-refractivity contribution < 1.29 is 9.59 Å². The van der Waals surface area contributed by atoms with E-state index < -0.39 is 11.9 Å². The van der Waals surface area contributed by atoms with Crippen molar-refractivity contribution in [1.82, 2.24) is 5.32 Å². The molecule has 0 aliphatic rings. The summed E-state index contributed by atoms with van der Waals surface area (Å²) >= 11 is 18.0. The molecule has 1 N–H and O–H groups in total. The molecule has 0 aliphatic heterocycles. The van der Waals surface area contributed by atoms with E-state index in [1.54, 1.807) is 42.5 Å². The fourth-order valence-electron chi connectivity index (χ4n) is 2.43. The molecule has 0 fully saturated rings. The fraction of sp³-hybridized carbons (Fsp3) is 0.263. The van der Waals surface area contributed by atoms with Crippen molar-refractivity contribution in [3.63, 3.8) is 0 Å². The molecular formula is C19H19Cl3N2O2. The van der Waals surface area contributed by atoms with Crippen molar-refractivity contribution >= 4 is 52.4 Å². The summed E-state index contributed by atoms with van der Waals surface area (Å²) in [5.41, 5.74) is 0.731. The molecule has 0 atom stereocenters. The van der Waals surface area contributed by atoms with Gasteiger partial charge in [-0.25, -0.2) is 4.79 Å². The Bertz CT molecular complexity index is 759. The van der Waals surface area contributed by atoms with E-state index in [1.165, 1.54) is 4.90 Å². The number of urea groups is 1. The zero-order valence-corrected chi connectivity index (χ0v) is 16.5. The second-order valence-corrected chi connectivity index (χ2v) is 6.94. The van der Waals surface area contributed by atoms with Crippen molar-refractivity contribution in [3.8, 4) is 0 Å². The van der Waals surface area contributed by atoms with Gasteiger partial charge in [-0.05, 0) is 42.8 Å². The minimum atomic E-state index is -0.639. The highest BCUT2D eigenvalue weighted by Crippen LogP contribution is 2.24. The van der Waals surface area contributed by atoms with Gasteiger partial charge >= 0.3 is 6.03 Å². The number of carbonyl (C=O) groups is 2. The predicted molar refractivity (Wildman–Crippen MR) is 108 cm³/mol. The van der Waals surface area contributed by atoms with Gasteiger partial charge in [0.05, 0.1) is 15.6 Å². The van der Waals surface area contributed by atoms with Gasteiger partial charge in [-0.15, -0.1) is 0 Å². The van der Waals surface area contributed by atoms with Crippen molar-refractivity contribution in [1.29, 1.82) is 0 Å². The molecule has 7 heteroatoms. The van der Waals surface area contributed by atoms with Crippen LogP contribution in [0.5, 0.6) is 0 Å². The molecule has 0 aliphatic carbocycles. The number of anilines is 1. The lowest BCUT2D eigenvalue weighted by Gasteiger charge is -2.23. The Morgan fingerprint density at radius 3 is 2.15 bits per heavy atom. The molecule has 0 bridgehead atoms.